The van der Waals surface area contributed by atoms with Crippen molar-refractivity contribution in [2.45, 2.75) is 70.3 Å². The molecule has 0 radical (unpaired) electrons. The Hall–Kier alpha value is -0.560. The molecule has 0 bridgehead atoms. The maximum Gasteiger partial charge on any atom is 0.161 e. The highest BCUT2D eigenvalue weighted by molar-refractivity contribution is 6.30. The molecule has 144 valence electrons. The molecule has 0 heterocycles. The fourth-order valence-electron chi connectivity index (χ4n) is 7.72. The number of fused-ring (bicyclic) bond motifs is 5. The summed E-state index contributed by atoms with van der Waals surface area (Å²) in [5.74, 6) is 6.31. The van der Waals surface area contributed by atoms with Crippen LogP contribution in [0.1, 0.15) is 64.7 Å². The minimum absolute atomic E-state index is 0.0597. The quantitative estimate of drug-likeness (QED) is 0.719. The first-order valence-corrected chi connectivity index (χ1v) is 10.8. The molecule has 0 aliphatic heterocycles. The number of rotatable bonds is 2. The molecule has 4 saturated carbocycles. The van der Waals surface area contributed by atoms with Crippen molar-refractivity contribution in [3.05, 3.63) is 0 Å². The van der Waals surface area contributed by atoms with Gasteiger partial charge in [-0.05, 0) is 104 Å². The third kappa shape index (κ3) is 2.84. The zero-order valence-electron chi connectivity index (χ0n) is 15.7. The van der Waals surface area contributed by atoms with E-state index in [1.165, 1.54) is 19.3 Å². The van der Waals surface area contributed by atoms with Gasteiger partial charge < -0.3 is 10.2 Å². The molecular formula is C22H31ClO3. The lowest BCUT2D eigenvalue weighted by Crippen LogP contribution is -2.51. The first-order chi connectivity index (χ1) is 12.4. The van der Waals surface area contributed by atoms with E-state index in [0.29, 0.717) is 17.8 Å². The fraction of sp³-hybridized carbons (Fsp3) is 0.864. The van der Waals surface area contributed by atoms with Crippen LogP contribution in [0.5, 0.6) is 0 Å². The molecule has 0 aromatic rings. The molecule has 0 aromatic carbocycles. The second-order valence-electron chi connectivity index (χ2n) is 9.73. The number of hydrogen-bond donors (Lipinski definition) is 2. The van der Waals surface area contributed by atoms with Crippen LogP contribution < -0.4 is 0 Å². The molecule has 0 aromatic heterocycles. The molecule has 3 nitrogen and oxygen atoms in total. The summed E-state index contributed by atoms with van der Waals surface area (Å²) in [4.78, 5) is 12.3. The molecule has 0 amide bonds. The third-order valence-electron chi connectivity index (χ3n) is 8.83. The zero-order chi connectivity index (χ0) is 18.5. The normalized spacial score (nSPS) is 50.0. The molecule has 4 aliphatic carbocycles. The van der Waals surface area contributed by atoms with Crippen LogP contribution in [0.15, 0.2) is 0 Å². The van der Waals surface area contributed by atoms with Crippen LogP contribution in [0.3, 0.4) is 0 Å². The standard InChI is InChI=1S/C22H31ClO3/c1-21-8-6-16-15-7-9-22(26,10-11-23)12-14(15)2-3-17(16)18(21)4-5-19(21)20(25)13-24/h14-19,24,26H,2-9,12-13H2,1H3. The van der Waals surface area contributed by atoms with Crippen LogP contribution >= 0.6 is 11.6 Å². The number of carbonyl (C=O) groups is 1. The summed E-state index contributed by atoms with van der Waals surface area (Å²) in [5, 5.41) is 22.5. The van der Waals surface area contributed by atoms with Crippen LogP contribution in [0.4, 0.5) is 0 Å². The average molecular weight is 379 g/mol. The Morgan fingerprint density at radius 1 is 1.08 bits per heavy atom. The predicted octanol–water partition coefficient (Wildman–Crippen LogP) is 3.75. The van der Waals surface area contributed by atoms with Gasteiger partial charge in [-0.15, -0.1) is 0 Å². The molecule has 4 aliphatic rings. The lowest BCUT2D eigenvalue weighted by atomic mass is 9.49. The van der Waals surface area contributed by atoms with Crippen LogP contribution in [-0.4, -0.2) is 28.2 Å². The summed E-state index contributed by atoms with van der Waals surface area (Å²) < 4.78 is 0. The largest absolute Gasteiger partial charge is 0.389 e. The van der Waals surface area contributed by atoms with Gasteiger partial charge in [0.1, 0.15) is 12.2 Å². The second kappa shape index (κ2) is 6.80. The minimum Gasteiger partial charge on any atom is -0.389 e. The van der Waals surface area contributed by atoms with E-state index in [-0.39, 0.29) is 23.7 Å². The molecule has 0 spiro atoms. The number of halogens is 1. The van der Waals surface area contributed by atoms with Gasteiger partial charge in [0.2, 0.25) is 0 Å². The van der Waals surface area contributed by atoms with Crippen molar-refractivity contribution in [3.8, 4) is 11.3 Å². The topological polar surface area (TPSA) is 57.5 Å². The molecule has 4 rings (SSSR count). The highest BCUT2D eigenvalue weighted by Crippen LogP contribution is 2.64. The number of carbonyl (C=O) groups excluding carboxylic acids is 1. The second-order valence-corrected chi connectivity index (χ2v) is 9.92. The molecule has 8 atom stereocenters. The van der Waals surface area contributed by atoms with Crippen LogP contribution in [0.2, 0.25) is 0 Å². The molecule has 4 heteroatoms. The molecule has 4 fully saturated rings. The van der Waals surface area contributed by atoms with Crippen molar-refractivity contribution in [1.29, 1.82) is 0 Å². The first-order valence-electron chi connectivity index (χ1n) is 10.4. The SMILES string of the molecule is CC12CCC3C4CCC(O)(C#CCl)CC4CCC3C1CCC2C(=O)CO. The zero-order valence-corrected chi connectivity index (χ0v) is 16.5. The van der Waals surface area contributed by atoms with Crippen LogP contribution in [0.25, 0.3) is 0 Å². The van der Waals surface area contributed by atoms with Crippen molar-refractivity contribution >= 4 is 17.4 Å². The summed E-state index contributed by atoms with van der Waals surface area (Å²) in [6, 6.07) is 0. The van der Waals surface area contributed by atoms with E-state index in [9.17, 15) is 15.0 Å². The first kappa shape index (κ1) is 18.8. The lowest BCUT2D eigenvalue weighted by Gasteiger charge is -2.56. The highest BCUT2D eigenvalue weighted by atomic mass is 35.5. The van der Waals surface area contributed by atoms with E-state index in [1.807, 2.05) is 0 Å². The summed E-state index contributed by atoms with van der Waals surface area (Å²) in [7, 11) is 0. The van der Waals surface area contributed by atoms with Gasteiger partial charge in [-0.3, -0.25) is 4.79 Å². The number of aliphatic hydroxyl groups excluding tert-OH is 1. The van der Waals surface area contributed by atoms with Gasteiger partial charge in [0, 0.05) is 11.3 Å². The fourth-order valence-corrected chi connectivity index (χ4v) is 7.89. The molecule has 0 saturated heterocycles. The maximum absolute atomic E-state index is 12.3. The smallest absolute Gasteiger partial charge is 0.161 e. The van der Waals surface area contributed by atoms with Crippen molar-refractivity contribution in [1.82, 2.24) is 0 Å². The average Bonchev–Trinajstić information content (AvgIpc) is 2.98. The maximum atomic E-state index is 12.3. The Kier molecular flexibility index (Phi) is 4.91. The minimum atomic E-state index is -0.884. The monoisotopic (exact) mass is 378 g/mol. The lowest BCUT2D eigenvalue weighted by molar-refractivity contribution is -0.134. The van der Waals surface area contributed by atoms with Crippen molar-refractivity contribution in [2.24, 2.45) is 40.9 Å². The summed E-state index contributed by atoms with van der Waals surface area (Å²) in [6.07, 6.45) is 9.38. The number of aliphatic hydroxyl groups is 2. The van der Waals surface area contributed by atoms with Gasteiger partial charge >= 0.3 is 0 Å². The van der Waals surface area contributed by atoms with E-state index in [2.05, 4.69) is 18.2 Å². The Morgan fingerprint density at radius 2 is 1.85 bits per heavy atom. The van der Waals surface area contributed by atoms with Gasteiger partial charge in [0.05, 0.1) is 0 Å². The Balaban J connectivity index is 1.52. The Morgan fingerprint density at radius 3 is 2.58 bits per heavy atom. The Bertz CT molecular complexity index is 637. The van der Waals surface area contributed by atoms with Gasteiger partial charge in [-0.25, -0.2) is 0 Å². The molecular weight excluding hydrogens is 348 g/mol. The predicted molar refractivity (Wildman–Crippen MR) is 101 cm³/mol. The Labute approximate surface area is 161 Å². The van der Waals surface area contributed by atoms with Crippen molar-refractivity contribution in [2.75, 3.05) is 6.61 Å². The van der Waals surface area contributed by atoms with E-state index < -0.39 is 5.60 Å². The van der Waals surface area contributed by atoms with E-state index in [4.69, 9.17) is 11.6 Å². The number of ketones is 1. The van der Waals surface area contributed by atoms with Gasteiger partial charge in [-0.1, -0.05) is 12.8 Å². The number of hydrogen-bond acceptors (Lipinski definition) is 3. The van der Waals surface area contributed by atoms with Gasteiger partial charge in [0.25, 0.3) is 0 Å². The van der Waals surface area contributed by atoms with Crippen molar-refractivity contribution < 1.29 is 15.0 Å². The third-order valence-corrected chi connectivity index (χ3v) is 8.93. The summed E-state index contributed by atoms with van der Waals surface area (Å²) in [5.41, 5.74) is -0.793. The van der Waals surface area contributed by atoms with E-state index >= 15 is 0 Å². The van der Waals surface area contributed by atoms with E-state index in [1.54, 1.807) is 0 Å². The molecule has 2 N–H and O–H groups in total. The van der Waals surface area contributed by atoms with Crippen LogP contribution in [-0.2, 0) is 4.79 Å². The molecule has 8 unspecified atom stereocenters. The van der Waals surface area contributed by atoms with Crippen LogP contribution in [0, 0.1) is 52.2 Å². The highest BCUT2D eigenvalue weighted by Gasteiger charge is 2.58. The summed E-state index contributed by atoms with van der Waals surface area (Å²) in [6.45, 7) is 2.02. The number of Topliss-reactive ketones (excluding diaryl/α,β-unsaturated/α-hetero) is 1. The molecule has 26 heavy (non-hydrogen) atoms. The van der Waals surface area contributed by atoms with Crippen molar-refractivity contribution in [3.63, 3.8) is 0 Å². The van der Waals surface area contributed by atoms with Gasteiger partial charge in [-0.2, -0.15) is 0 Å². The van der Waals surface area contributed by atoms with Gasteiger partial charge in [0.15, 0.2) is 5.78 Å². The van der Waals surface area contributed by atoms with E-state index in [0.717, 1.165) is 50.4 Å². The summed E-state index contributed by atoms with van der Waals surface area (Å²) >= 11 is 5.57.